The zero-order valence-corrected chi connectivity index (χ0v) is 17.9. The van der Waals surface area contributed by atoms with E-state index >= 15 is 0 Å². The monoisotopic (exact) mass is 448 g/mol. The highest BCUT2D eigenvalue weighted by atomic mass is 32.2. The van der Waals surface area contributed by atoms with Crippen molar-refractivity contribution in [3.05, 3.63) is 54.4 Å². The Morgan fingerprint density at radius 2 is 1.90 bits per heavy atom. The van der Waals surface area contributed by atoms with Crippen molar-refractivity contribution in [2.24, 2.45) is 7.05 Å². The molecule has 3 heterocycles. The average molecular weight is 448 g/mol. The Morgan fingerprint density at radius 1 is 1.16 bits per heavy atom. The molecule has 1 N–H and O–H groups in total. The maximum atomic E-state index is 14.4. The summed E-state index contributed by atoms with van der Waals surface area (Å²) < 4.78 is 56.0. The third-order valence-corrected chi connectivity index (χ3v) is 5.92. The molecule has 1 aliphatic rings. The van der Waals surface area contributed by atoms with Gasteiger partial charge in [0.25, 0.3) is 0 Å². The van der Waals surface area contributed by atoms with Gasteiger partial charge >= 0.3 is 0 Å². The number of rotatable bonds is 5. The molecule has 31 heavy (non-hydrogen) atoms. The van der Waals surface area contributed by atoms with Crippen molar-refractivity contribution in [1.82, 2.24) is 19.7 Å². The third kappa shape index (κ3) is 4.66. The van der Waals surface area contributed by atoms with Crippen LogP contribution in [0, 0.1) is 11.8 Å². The maximum Gasteiger partial charge on any atom is 0.229 e. The summed E-state index contributed by atoms with van der Waals surface area (Å²) in [4.78, 5) is 5.68. The number of anilines is 2. The first-order valence-corrected chi connectivity index (χ1v) is 11.6. The van der Waals surface area contributed by atoms with Crippen molar-refractivity contribution in [2.75, 3.05) is 29.0 Å². The van der Waals surface area contributed by atoms with Crippen LogP contribution < -0.4 is 9.62 Å². The average Bonchev–Trinajstić information content (AvgIpc) is 3.13. The van der Waals surface area contributed by atoms with Gasteiger partial charge < -0.3 is 9.47 Å². The van der Waals surface area contributed by atoms with Crippen molar-refractivity contribution < 1.29 is 17.2 Å². The highest BCUT2D eigenvalue weighted by Crippen LogP contribution is 2.41. The smallest absolute Gasteiger partial charge is 0.229 e. The number of benzene rings is 1. The lowest BCUT2D eigenvalue weighted by Crippen LogP contribution is -2.34. The topological polar surface area (TPSA) is 93.0 Å². The molecule has 8 nitrogen and oxygen atoms in total. The molecule has 0 bridgehead atoms. The summed E-state index contributed by atoms with van der Waals surface area (Å²) >= 11 is 0. The van der Waals surface area contributed by atoms with Gasteiger partial charge in [0.05, 0.1) is 17.6 Å². The van der Waals surface area contributed by atoms with E-state index in [1.807, 2.05) is 16.5 Å². The van der Waals surface area contributed by atoms with Crippen molar-refractivity contribution in [2.45, 2.75) is 18.8 Å². The van der Waals surface area contributed by atoms with E-state index in [0.29, 0.717) is 29.9 Å². The van der Waals surface area contributed by atoms with Crippen LogP contribution in [-0.2, 0) is 17.1 Å². The molecule has 0 atom stereocenters. The zero-order chi connectivity index (χ0) is 22.2. The van der Waals surface area contributed by atoms with Crippen LogP contribution in [0.25, 0.3) is 11.1 Å². The quantitative estimate of drug-likeness (QED) is 0.604. The predicted octanol–water partition coefficient (Wildman–Crippen LogP) is 2.91. The van der Waals surface area contributed by atoms with Crippen LogP contribution in [0.5, 0.6) is 0 Å². The summed E-state index contributed by atoms with van der Waals surface area (Å²) in [6, 6.07) is 5.16. The minimum Gasteiger partial charge on any atom is -0.369 e. The molecule has 4 rings (SSSR count). The Labute approximate surface area is 179 Å². The molecule has 0 spiro atoms. The highest BCUT2D eigenvalue weighted by Gasteiger charge is 2.28. The lowest BCUT2D eigenvalue weighted by Gasteiger charge is -2.35. The molecule has 0 radical (unpaired) electrons. The van der Waals surface area contributed by atoms with Crippen LogP contribution in [-0.4, -0.2) is 47.5 Å². The van der Waals surface area contributed by atoms with E-state index in [0.717, 1.165) is 31.0 Å². The molecule has 1 saturated heterocycles. The van der Waals surface area contributed by atoms with Gasteiger partial charge in [0.1, 0.15) is 18.0 Å². The Balaban J connectivity index is 1.74. The van der Waals surface area contributed by atoms with Crippen molar-refractivity contribution in [3.63, 3.8) is 0 Å². The molecule has 1 aliphatic heterocycles. The Kier molecular flexibility index (Phi) is 5.61. The summed E-state index contributed by atoms with van der Waals surface area (Å²) in [6.07, 6.45) is 5.52. The van der Waals surface area contributed by atoms with Gasteiger partial charge in [-0.05, 0) is 31.0 Å². The molecule has 0 amide bonds. The van der Waals surface area contributed by atoms with Gasteiger partial charge in [-0.3, -0.25) is 4.72 Å². The molecule has 3 aromatic rings. The lowest BCUT2D eigenvalue weighted by atomic mass is 9.94. The first-order chi connectivity index (χ1) is 14.7. The largest absolute Gasteiger partial charge is 0.369 e. The van der Waals surface area contributed by atoms with E-state index in [2.05, 4.69) is 19.9 Å². The zero-order valence-electron chi connectivity index (χ0n) is 17.1. The number of aryl methyl sites for hydroxylation is 1. The Morgan fingerprint density at radius 3 is 2.48 bits per heavy atom. The third-order valence-electron chi connectivity index (χ3n) is 5.33. The highest BCUT2D eigenvalue weighted by molar-refractivity contribution is 7.92. The number of nitrogens with zero attached hydrogens (tertiary/aromatic N) is 5. The van der Waals surface area contributed by atoms with E-state index in [4.69, 9.17) is 0 Å². The molecule has 1 fully saturated rings. The molecule has 0 unspecified atom stereocenters. The first-order valence-electron chi connectivity index (χ1n) is 9.73. The van der Waals surface area contributed by atoms with Gasteiger partial charge in [0, 0.05) is 49.4 Å². The number of halogens is 2. The molecular formula is C20H22F2N6O2S. The molecule has 1 aromatic carbocycles. The second-order valence-corrected chi connectivity index (χ2v) is 9.40. The van der Waals surface area contributed by atoms with Crippen LogP contribution in [0.4, 0.5) is 20.2 Å². The number of aromatic nitrogens is 4. The molecule has 2 aromatic heterocycles. The second kappa shape index (κ2) is 8.22. The fraction of sp³-hybridized carbons (Fsp3) is 0.350. The van der Waals surface area contributed by atoms with Crippen LogP contribution in [0.1, 0.15) is 24.6 Å². The van der Waals surface area contributed by atoms with Gasteiger partial charge in [-0.1, -0.05) is 0 Å². The van der Waals surface area contributed by atoms with Gasteiger partial charge in [0.15, 0.2) is 0 Å². The van der Waals surface area contributed by atoms with Crippen molar-refractivity contribution in [3.8, 4) is 11.1 Å². The molecule has 164 valence electrons. The molecule has 11 heteroatoms. The number of sulfonamides is 1. The number of piperidine rings is 1. The summed E-state index contributed by atoms with van der Waals surface area (Å²) in [6.45, 7) is 1.20. The van der Waals surface area contributed by atoms with Crippen LogP contribution >= 0.6 is 0 Å². The number of hydrogen-bond donors (Lipinski definition) is 1. The predicted molar refractivity (Wildman–Crippen MR) is 113 cm³/mol. The Hall–Kier alpha value is -3.08. The van der Waals surface area contributed by atoms with E-state index in [-0.39, 0.29) is 11.6 Å². The normalized spacial score (nSPS) is 15.3. The number of hydrogen-bond acceptors (Lipinski definition) is 6. The standard InChI is InChI=1S/C20H22F2N6O2S/c1-27-12-24-25-20(27)13-5-7-28(8-6-13)19-16(14-3-4-18(22)23-11-14)9-15(21)10-17(19)26-31(2,29)30/h3-4,9-13,26H,5-8H2,1-2H3. The van der Waals surface area contributed by atoms with Crippen LogP contribution in [0.3, 0.4) is 0 Å². The fourth-order valence-corrected chi connectivity index (χ4v) is 4.55. The first kappa shape index (κ1) is 21.2. The van der Waals surface area contributed by atoms with Gasteiger partial charge in [-0.2, -0.15) is 4.39 Å². The molecule has 0 aliphatic carbocycles. The summed E-state index contributed by atoms with van der Waals surface area (Å²) in [5.74, 6) is -0.147. The summed E-state index contributed by atoms with van der Waals surface area (Å²) in [7, 11) is -1.75. The van der Waals surface area contributed by atoms with Crippen molar-refractivity contribution in [1.29, 1.82) is 0 Å². The molecular weight excluding hydrogens is 426 g/mol. The van der Waals surface area contributed by atoms with E-state index in [1.165, 1.54) is 24.4 Å². The lowest BCUT2D eigenvalue weighted by molar-refractivity contribution is 0.474. The summed E-state index contributed by atoms with van der Waals surface area (Å²) in [5.41, 5.74) is 1.61. The van der Waals surface area contributed by atoms with Gasteiger partial charge in [-0.25, -0.2) is 17.8 Å². The van der Waals surface area contributed by atoms with Crippen LogP contribution in [0.15, 0.2) is 36.8 Å². The maximum absolute atomic E-state index is 14.4. The fourth-order valence-electron chi connectivity index (χ4n) is 4.00. The van der Waals surface area contributed by atoms with E-state index in [9.17, 15) is 17.2 Å². The van der Waals surface area contributed by atoms with Gasteiger partial charge in [0.2, 0.25) is 16.0 Å². The minimum absolute atomic E-state index is 0.138. The minimum atomic E-state index is -3.65. The van der Waals surface area contributed by atoms with Crippen LogP contribution in [0.2, 0.25) is 0 Å². The van der Waals surface area contributed by atoms with E-state index in [1.54, 1.807) is 6.33 Å². The Bertz CT molecular complexity index is 1190. The SMILES string of the molecule is Cn1cnnc1C1CCN(c2c(NS(C)(=O)=O)cc(F)cc2-c2ccc(F)nc2)CC1. The molecule has 0 saturated carbocycles. The van der Waals surface area contributed by atoms with Gasteiger partial charge in [-0.15, -0.1) is 10.2 Å². The summed E-state index contributed by atoms with van der Waals surface area (Å²) in [5, 5.41) is 8.14. The van der Waals surface area contributed by atoms with E-state index < -0.39 is 21.8 Å². The van der Waals surface area contributed by atoms with Crippen molar-refractivity contribution >= 4 is 21.4 Å². The number of nitrogens with one attached hydrogen (secondary N) is 1. The second-order valence-electron chi connectivity index (χ2n) is 7.65. The number of pyridine rings is 1.